The van der Waals surface area contributed by atoms with Crippen LogP contribution in [-0.4, -0.2) is 24.0 Å². The number of urea groups is 1. The zero-order valence-electron chi connectivity index (χ0n) is 11.5. The first-order valence-electron chi connectivity index (χ1n) is 6.89. The van der Waals surface area contributed by atoms with Crippen LogP contribution in [0.5, 0.6) is 0 Å². The molecule has 3 heteroatoms. The van der Waals surface area contributed by atoms with Gasteiger partial charge in [0.25, 0.3) is 0 Å². The molecule has 1 aromatic rings. The first-order chi connectivity index (χ1) is 8.77. The van der Waals surface area contributed by atoms with E-state index in [0.29, 0.717) is 0 Å². The van der Waals surface area contributed by atoms with E-state index >= 15 is 0 Å². The molecule has 0 saturated heterocycles. The number of unbranched alkanes of at least 4 members (excludes halogenated alkanes) is 3. The molecular formula is C15H24N2O. The van der Waals surface area contributed by atoms with Crippen molar-refractivity contribution >= 4 is 11.7 Å². The van der Waals surface area contributed by atoms with Crippen LogP contribution in [0.25, 0.3) is 0 Å². The standard InChI is InChI=1S/C15H24N2O/c1-3-5-6-10-13-17(4-2)15(18)16-14-11-8-7-9-12-14/h7-9,11-12H,3-6,10,13H2,1-2H3,(H,16,18). The highest BCUT2D eigenvalue weighted by Crippen LogP contribution is 2.08. The molecule has 3 nitrogen and oxygen atoms in total. The molecule has 1 rings (SSSR count). The average Bonchev–Trinajstić information content (AvgIpc) is 2.40. The van der Waals surface area contributed by atoms with Crippen molar-refractivity contribution in [3.05, 3.63) is 30.3 Å². The van der Waals surface area contributed by atoms with Gasteiger partial charge in [0.2, 0.25) is 0 Å². The van der Waals surface area contributed by atoms with Gasteiger partial charge < -0.3 is 10.2 Å². The van der Waals surface area contributed by atoms with Gasteiger partial charge in [0, 0.05) is 18.8 Å². The summed E-state index contributed by atoms with van der Waals surface area (Å²) in [7, 11) is 0. The first kappa shape index (κ1) is 14.6. The molecule has 0 fully saturated rings. The molecule has 0 unspecified atom stereocenters. The number of anilines is 1. The summed E-state index contributed by atoms with van der Waals surface area (Å²) in [4.78, 5) is 13.9. The van der Waals surface area contributed by atoms with Crippen molar-refractivity contribution in [2.24, 2.45) is 0 Å². The van der Waals surface area contributed by atoms with E-state index in [9.17, 15) is 4.79 Å². The number of carbonyl (C=O) groups is 1. The van der Waals surface area contributed by atoms with Gasteiger partial charge in [-0.15, -0.1) is 0 Å². The van der Waals surface area contributed by atoms with E-state index in [1.807, 2.05) is 42.2 Å². The largest absolute Gasteiger partial charge is 0.325 e. The van der Waals surface area contributed by atoms with Gasteiger partial charge in [-0.3, -0.25) is 0 Å². The summed E-state index contributed by atoms with van der Waals surface area (Å²) in [5.74, 6) is 0. The van der Waals surface area contributed by atoms with Gasteiger partial charge >= 0.3 is 6.03 Å². The van der Waals surface area contributed by atoms with Crippen molar-refractivity contribution in [2.45, 2.75) is 39.5 Å². The Labute approximate surface area is 110 Å². The monoisotopic (exact) mass is 248 g/mol. The van der Waals surface area contributed by atoms with E-state index in [-0.39, 0.29) is 6.03 Å². The quantitative estimate of drug-likeness (QED) is 0.723. The van der Waals surface area contributed by atoms with Gasteiger partial charge in [0.1, 0.15) is 0 Å². The Bertz CT molecular complexity index is 338. The number of hydrogen-bond acceptors (Lipinski definition) is 1. The molecule has 0 aliphatic heterocycles. The lowest BCUT2D eigenvalue weighted by Crippen LogP contribution is -2.35. The lowest BCUT2D eigenvalue weighted by molar-refractivity contribution is 0.213. The van der Waals surface area contributed by atoms with Gasteiger partial charge in [-0.1, -0.05) is 44.4 Å². The molecule has 0 radical (unpaired) electrons. The summed E-state index contributed by atoms with van der Waals surface area (Å²) in [6.45, 7) is 5.81. The smallest absolute Gasteiger partial charge is 0.321 e. The molecule has 0 spiro atoms. The number of hydrogen-bond donors (Lipinski definition) is 1. The minimum Gasteiger partial charge on any atom is -0.325 e. The molecule has 1 N–H and O–H groups in total. The van der Waals surface area contributed by atoms with E-state index < -0.39 is 0 Å². The number of para-hydroxylation sites is 1. The fraction of sp³-hybridized carbons (Fsp3) is 0.533. The second kappa shape index (κ2) is 8.56. The van der Waals surface area contributed by atoms with Gasteiger partial charge in [0.05, 0.1) is 0 Å². The van der Waals surface area contributed by atoms with Crippen molar-refractivity contribution in [2.75, 3.05) is 18.4 Å². The molecule has 2 amide bonds. The Balaban J connectivity index is 2.37. The van der Waals surface area contributed by atoms with Crippen molar-refractivity contribution < 1.29 is 4.79 Å². The SMILES string of the molecule is CCCCCCN(CC)C(=O)Nc1ccccc1. The number of carbonyl (C=O) groups excluding carboxylic acids is 1. The summed E-state index contributed by atoms with van der Waals surface area (Å²) in [6, 6.07) is 9.60. The van der Waals surface area contributed by atoms with Crippen LogP contribution in [0.2, 0.25) is 0 Å². The fourth-order valence-corrected chi connectivity index (χ4v) is 1.86. The van der Waals surface area contributed by atoms with Crippen LogP contribution in [0, 0.1) is 0 Å². The van der Waals surface area contributed by atoms with Crippen LogP contribution < -0.4 is 5.32 Å². The molecule has 0 aromatic heterocycles. The van der Waals surface area contributed by atoms with E-state index in [1.165, 1.54) is 19.3 Å². The van der Waals surface area contributed by atoms with Crippen LogP contribution in [0.4, 0.5) is 10.5 Å². The zero-order valence-corrected chi connectivity index (χ0v) is 11.5. The van der Waals surface area contributed by atoms with Crippen LogP contribution in [-0.2, 0) is 0 Å². The van der Waals surface area contributed by atoms with Gasteiger partial charge in [-0.05, 0) is 25.5 Å². The highest BCUT2D eigenvalue weighted by atomic mass is 16.2. The molecular weight excluding hydrogens is 224 g/mol. The molecule has 0 bridgehead atoms. The predicted octanol–water partition coefficient (Wildman–Crippen LogP) is 4.12. The Kier molecular flexibility index (Phi) is 6.92. The number of rotatable bonds is 7. The van der Waals surface area contributed by atoms with Gasteiger partial charge in [-0.2, -0.15) is 0 Å². The van der Waals surface area contributed by atoms with Crippen molar-refractivity contribution in [3.8, 4) is 0 Å². The third-order valence-corrected chi connectivity index (χ3v) is 2.98. The molecule has 0 atom stereocenters. The van der Waals surface area contributed by atoms with Crippen molar-refractivity contribution in [1.29, 1.82) is 0 Å². The van der Waals surface area contributed by atoms with Gasteiger partial charge in [-0.25, -0.2) is 4.79 Å². The fourth-order valence-electron chi connectivity index (χ4n) is 1.86. The van der Waals surface area contributed by atoms with Crippen LogP contribution in [0.15, 0.2) is 30.3 Å². The molecule has 18 heavy (non-hydrogen) atoms. The van der Waals surface area contributed by atoms with Crippen LogP contribution in [0.3, 0.4) is 0 Å². The highest BCUT2D eigenvalue weighted by Gasteiger charge is 2.10. The maximum atomic E-state index is 12.0. The molecule has 1 aromatic carbocycles. The number of amides is 2. The second-order valence-corrected chi connectivity index (χ2v) is 4.44. The third kappa shape index (κ3) is 5.21. The molecule has 0 saturated carbocycles. The molecule has 100 valence electrons. The summed E-state index contributed by atoms with van der Waals surface area (Å²) in [5, 5.41) is 2.92. The van der Waals surface area contributed by atoms with Crippen LogP contribution in [0.1, 0.15) is 39.5 Å². The van der Waals surface area contributed by atoms with Crippen molar-refractivity contribution in [1.82, 2.24) is 4.90 Å². The highest BCUT2D eigenvalue weighted by molar-refractivity contribution is 5.89. The van der Waals surface area contributed by atoms with E-state index in [1.54, 1.807) is 0 Å². The number of benzene rings is 1. The lowest BCUT2D eigenvalue weighted by atomic mass is 10.2. The normalized spacial score (nSPS) is 10.1. The molecule has 0 aliphatic carbocycles. The summed E-state index contributed by atoms with van der Waals surface area (Å²) < 4.78 is 0. The van der Waals surface area contributed by atoms with E-state index in [0.717, 1.165) is 25.2 Å². The Morgan fingerprint density at radius 1 is 1.11 bits per heavy atom. The van der Waals surface area contributed by atoms with E-state index in [2.05, 4.69) is 12.2 Å². The minimum absolute atomic E-state index is 0.000184. The lowest BCUT2D eigenvalue weighted by Gasteiger charge is -2.21. The topological polar surface area (TPSA) is 32.3 Å². The Morgan fingerprint density at radius 3 is 2.44 bits per heavy atom. The first-order valence-corrected chi connectivity index (χ1v) is 6.89. The zero-order chi connectivity index (χ0) is 13.2. The summed E-state index contributed by atoms with van der Waals surface area (Å²) in [6.07, 6.45) is 4.76. The van der Waals surface area contributed by atoms with E-state index in [4.69, 9.17) is 0 Å². The number of nitrogens with zero attached hydrogens (tertiary/aromatic N) is 1. The Hall–Kier alpha value is -1.51. The molecule has 0 aliphatic rings. The average molecular weight is 248 g/mol. The maximum Gasteiger partial charge on any atom is 0.321 e. The van der Waals surface area contributed by atoms with Crippen molar-refractivity contribution in [3.63, 3.8) is 0 Å². The summed E-state index contributed by atoms with van der Waals surface area (Å²) in [5.41, 5.74) is 0.856. The minimum atomic E-state index is 0.000184. The Morgan fingerprint density at radius 2 is 1.83 bits per heavy atom. The summed E-state index contributed by atoms with van der Waals surface area (Å²) >= 11 is 0. The molecule has 0 heterocycles. The third-order valence-electron chi connectivity index (χ3n) is 2.98. The van der Waals surface area contributed by atoms with Gasteiger partial charge in [0.15, 0.2) is 0 Å². The maximum absolute atomic E-state index is 12.0. The second-order valence-electron chi connectivity index (χ2n) is 4.44. The predicted molar refractivity (Wildman–Crippen MR) is 76.8 cm³/mol. The number of nitrogens with one attached hydrogen (secondary N) is 1. The van der Waals surface area contributed by atoms with Crippen LogP contribution >= 0.6 is 0 Å².